The van der Waals surface area contributed by atoms with Gasteiger partial charge in [-0.1, -0.05) is 17.7 Å². The Morgan fingerprint density at radius 1 is 1.00 bits per heavy atom. The van der Waals surface area contributed by atoms with Crippen LogP contribution < -0.4 is 0 Å². The van der Waals surface area contributed by atoms with Crippen molar-refractivity contribution in [1.82, 2.24) is 14.3 Å². The normalized spacial score (nSPS) is 20.7. The van der Waals surface area contributed by atoms with Gasteiger partial charge in [0.2, 0.25) is 0 Å². The Balaban J connectivity index is 1.80. The summed E-state index contributed by atoms with van der Waals surface area (Å²) in [5, 5.41) is 3.37. The molecule has 2 aliphatic rings. The highest BCUT2D eigenvalue weighted by Gasteiger charge is 2.40. The molecule has 2 aliphatic heterocycles. The summed E-state index contributed by atoms with van der Waals surface area (Å²) in [5.74, 6) is 0. The zero-order valence-electron chi connectivity index (χ0n) is 12.4. The molecule has 0 aliphatic carbocycles. The van der Waals surface area contributed by atoms with E-state index in [1.807, 2.05) is 11.9 Å². The van der Waals surface area contributed by atoms with E-state index in [0.29, 0.717) is 32.8 Å². The van der Waals surface area contributed by atoms with Gasteiger partial charge >= 0.3 is 6.03 Å². The summed E-state index contributed by atoms with van der Waals surface area (Å²) in [7, 11) is -3.79. The van der Waals surface area contributed by atoms with E-state index < -0.39 is 16.1 Å². The molecule has 2 amide bonds. The lowest BCUT2D eigenvalue weighted by molar-refractivity contribution is -0.0541. The van der Waals surface area contributed by atoms with Crippen LogP contribution in [0.1, 0.15) is 5.56 Å². The number of sulfonamides is 1. The van der Waals surface area contributed by atoms with Gasteiger partial charge in [-0.25, -0.2) is 22.5 Å². The lowest BCUT2D eigenvalue weighted by atomic mass is 10.2. The summed E-state index contributed by atoms with van der Waals surface area (Å²) >= 11 is 0. The second-order valence-electron chi connectivity index (χ2n) is 5.36. The molecule has 8 heteroatoms. The monoisotopic (exact) mass is 325 g/mol. The third-order valence-electron chi connectivity index (χ3n) is 3.89. The van der Waals surface area contributed by atoms with Crippen LogP contribution in [0.4, 0.5) is 4.79 Å². The molecule has 0 bridgehead atoms. The van der Waals surface area contributed by atoms with E-state index in [0.717, 1.165) is 9.87 Å². The van der Waals surface area contributed by atoms with Crippen molar-refractivity contribution in [3.05, 3.63) is 29.8 Å². The summed E-state index contributed by atoms with van der Waals surface area (Å²) in [6.07, 6.45) is 0. The molecule has 0 N–H and O–H groups in total. The van der Waals surface area contributed by atoms with Crippen molar-refractivity contribution in [2.75, 3.05) is 39.4 Å². The molecule has 2 saturated heterocycles. The molecule has 0 radical (unpaired) electrons. The molecule has 22 heavy (non-hydrogen) atoms. The first kappa shape index (κ1) is 15.3. The highest BCUT2D eigenvalue weighted by Crippen LogP contribution is 2.22. The van der Waals surface area contributed by atoms with Crippen molar-refractivity contribution in [1.29, 1.82) is 0 Å². The van der Waals surface area contributed by atoms with Crippen LogP contribution in [0.5, 0.6) is 0 Å². The molecular formula is C14H19N3O4S. The Kier molecular flexibility index (Phi) is 4.07. The fraction of sp³-hybridized carbons (Fsp3) is 0.500. The third-order valence-corrected chi connectivity index (χ3v) is 5.67. The number of carbonyl (C=O) groups is 1. The van der Waals surface area contributed by atoms with Crippen molar-refractivity contribution in [2.45, 2.75) is 11.8 Å². The summed E-state index contributed by atoms with van der Waals surface area (Å²) in [5.41, 5.74) is 0.974. The highest BCUT2D eigenvalue weighted by molar-refractivity contribution is 7.89. The SMILES string of the molecule is Cc1ccc(S(=O)(=O)N2CCN(N3CCOCC3)C2=O)cc1. The van der Waals surface area contributed by atoms with Gasteiger partial charge in [-0.3, -0.25) is 5.01 Å². The van der Waals surface area contributed by atoms with Gasteiger partial charge in [0.15, 0.2) is 0 Å². The maximum Gasteiger partial charge on any atom is 0.348 e. The Labute approximate surface area is 130 Å². The Hall–Kier alpha value is -1.64. The number of hydrogen-bond acceptors (Lipinski definition) is 5. The standard InChI is InChI=1S/C14H19N3O4S/c1-12-2-4-13(5-3-12)22(19,20)17-7-6-16(14(17)18)15-8-10-21-11-9-15/h2-5H,6-11H2,1H3. The maximum absolute atomic E-state index is 12.6. The molecule has 0 unspecified atom stereocenters. The van der Waals surface area contributed by atoms with E-state index in [9.17, 15) is 13.2 Å². The van der Waals surface area contributed by atoms with E-state index in [4.69, 9.17) is 4.74 Å². The van der Waals surface area contributed by atoms with Gasteiger partial charge in [0.1, 0.15) is 0 Å². The van der Waals surface area contributed by atoms with Gasteiger partial charge in [0.25, 0.3) is 10.0 Å². The van der Waals surface area contributed by atoms with Crippen LogP contribution in [0.25, 0.3) is 0 Å². The number of morpholine rings is 1. The third kappa shape index (κ3) is 2.69. The Morgan fingerprint density at radius 2 is 1.64 bits per heavy atom. The first-order valence-corrected chi connectivity index (χ1v) is 8.68. The fourth-order valence-corrected chi connectivity index (χ4v) is 3.98. The zero-order valence-corrected chi connectivity index (χ0v) is 13.3. The smallest absolute Gasteiger partial charge is 0.348 e. The zero-order chi connectivity index (χ0) is 15.7. The number of hydrazine groups is 1. The van der Waals surface area contributed by atoms with E-state index >= 15 is 0 Å². The summed E-state index contributed by atoms with van der Waals surface area (Å²) < 4.78 is 31.4. The minimum Gasteiger partial charge on any atom is -0.379 e. The van der Waals surface area contributed by atoms with Crippen LogP contribution in [-0.2, 0) is 14.8 Å². The average Bonchev–Trinajstić information content (AvgIpc) is 2.91. The second kappa shape index (κ2) is 5.86. The topological polar surface area (TPSA) is 70.2 Å². The molecule has 3 rings (SSSR count). The first-order chi connectivity index (χ1) is 10.5. The second-order valence-corrected chi connectivity index (χ2v) is 7.22. The van der Waals surface area contributed by atoms with Gasteiger partial charge in [0, 0.05) is 13.1 Å². The summed E-state index contributed by atoms with van der Waals surface area (Å²) in [4.78, 5) is 12.6. The molecule has 2 heterocycles. The molecule has 0 atom stereocenters. The van der Waals surface area contributed by atoms with Crippen molar-refractivity contribution in [2.24, 2.45) is 0 Å². The molecule has 7 nitrogen and oxygen atoms in total. The van der Waals surface area contributed by atoms with E-state index in [-0.39, 0.29) is 11.4 Å². The maximum atomic E-state index is 12.6. The number of urea groups is 1. The van der Waals surface area contributed by atoms with Crippen molar-refractivity contribution < 1.29 is 17.9 Å². The van der Waals surface area contributed by atoms with Gasteiger partial charge in [-0.15, -0.1) is 0 Å². The van der Waals surface area contributed by atoms with Gasteiger partial charge in [0.05, 0.1) is 31.2 Å². The lowest BCUT2D eigenvalue weighted by Gasteiger charge is -2.33. The van der Waals surface area contributed by atoms with Crippen LogP contribution in [0.3, 0.4) is 0 Å². The number of benzene rings is 1. The predicted octanol–water partition coefficient (Wildman–Crippen LogP) is 0.669. The summed E-state index contributed by atoms with van der Waals surface area (Å²) in [6.45, 7) is 4.74. The Bertz CT molecular complexity index is 653. The van der Waals surface area contributed by atoms with E-state index in [2.05, 4.69) is 0 Å². The quantitative estimate of drug-likeness (QED) is 0.817. The van der Waals surface area contributed by atoms with E-state index in [1.165, 1.54) is 17.1 Å². The molecule has 1 aromatic rings. The minimum atomic E-state index is -3.79. The van der Waals surface area contributed by atoms with Gasteiger partial charge < -0.3 is 4.74 Å². The first-order valence-electron chi connectivity index (χ1n) is 7.23. The molecule has 2 fully saturated rings. The molecule has 0 spiro atoms. The van der Waals surface area contributed by atoms with Crippen LogP contribution >= 0.6 is 0 Å². The molecular weight excluding hydrogens is 306 g/mol. The number of rotatable bonds is 3. The number of amides is 2. The number of aryl methyl sites for hydroxylation is 1. The van der Waals surface area contributed by atoms with Crippen LogP contribution in [-0.4, -0.2) is 68.2 Å². The van der Waals surface area contributed by atoms with Crippen LogP contribution in [0.15, 0.2) is 29.2 Å². The fourth-order valence-electron chi connectivity index (χ4n) is 2.62. The molecule has 0 aromatic heterocycles. The molecule has 0 saturated carbocycles. The van der Waals surface area contributed by atoms with Gasteiger partial charge in [-0.05, 0) is 19.1 Å². The minimum absolute atomic E-state index is 0.148. The van der Waals surface area contributed by atoms with Crippen molar-refractivity contribution in [3.8, 4) is 0 Å². The van der Waals surface area contributed by atoms with E-state index in [1.54, 1.807) is 12.1 Å². The Morgan fingerprint density at radius 3 is 2.27 bits per heavy atom. The molecule has 1 aromatic carbocycles. The lowest BCUT2D eigenvalue weighted by Crippen LogP contribution is -2.50. The van der Waals surface area contributed by atoms with Crippen molar-refractivity contribution >= 4 is 16.1 Å². The van der Waals surface area contributed by atoms with Crippen LogP contribution in [0, 0.1) is 6.92 Å². The summed E-state index contributed by atoms with van der Waals surface area (Å²) in [6, 6.07) is 6.05. The van der Waals surface area contributed by atoms with Crippen LogP contribution in [0.2, 0.25) is 0 Å². The number of nitrogens with zero attached hydrogens (tertiary/aromatic N) is 3. The highest BCUT2D eigenvalue weighted by atomic mass is 32.2. The largest absolute Gasteiger partial charge is 0.379 e. The number of ether oxygens (including phenoxy) is 1. The number of carbonyl (C=O) groups excluding carboxylic acids is 1. The molecule has 120 valence electrons. The predicted molar refractivity (Wildman–Crippen MR) is 79.6 cm³/mol. The number of hydrogen-bond donors (Lipinski definition) is 0. The van der Waals surface area contributed by atoms with Crippen molar-refractivity contribution in [3.63, 3.8) is 0 Å². The van der Waals surface area contributed by atoms with Gasteiger partial charge in [-0.2, -0.15) is 0 Å². The average molecular weight is 325 g/mol.